The first-order valence-corrected chi connectivity index (χ1v) is 6.31. The Morgan fingerprint density at radius 1 is 1.53 bits per heavy atom. The summed E-state index contributed by atoms with van der Waals surface area (Å²) in [6.45, 7) is 0. The number of amidine groups is 1. The van der Waals surface area contributed by atoms with Gasteiger partial charge in [-0.05, 0) is 34.3 Å². The molecule has 0 spiro atoms. The molecule has 0 aliphatic rings. The highest BCUT2D eigenvalue weighted by atomic mass is 79.9. The predicted molar refractivity (Wildman–Crippen MR) is 68.2 cm³/mol. The third kappa shape index (κ3) is 3.45. The molecule has 0 atom stereocenters. The lowest BCUT2D eigenvalue weighted by molar-refractivity contribution is 0.621. The van der Waals surface area contributed by atoms with Gasteiger partial charge in [0.2, 0.25) is 0 Å². The molecule has 7 heteroatoms. The van der Waals surface area contributed by atoms with Crippen LogP contribution in [-0.2, 0) is 0 Å². The molecule has 1 N–H and O–H groups in total. The lowest BCUT2D eigenvalue weighted by Gasteiger charge is -2.03. The van der Waals surface area contributed by atoms with Crippen LogP contribution in [0.3, 0.4) is 0 Å². The van der Waals surface area contributed by atoms with Crippen molar-refractivity contribution >= 4 is 38.5 Å². The minimum absolute atomic E-state index is 0.108. The summed E-state index contributed by atoms with van der Waals surface area (Å²) in [5.74, 6) is -0.528. The van der Waals surface area contributed by atoms with E-state index in [1.54, 1.807) is 12.4 Å². The normalized spacial score (nSPS) is 10.5. The van der Waals surface area contributed by atoms with Gasteiger partial charge < -0.3 is 0 Å². The van der Waals surface area contributed by atoms with Crippen LogP contribution in [-0.4, -0.2) is 11.4 Å². The molecule has 86 valence electrons. The smallest absolute Gasteiger partial charge is 0.183 e. The van der Waals surface area contributed by atoms with E-state index in [2.05, 4.69) is 26.2 Å². The van der Waals surface area contributed by atoms with Crippen molar-refractivity contribution in [1.82, 2.24) is 5.32 Å². The lowest BCUT2D eigenvalue weighted by Crippen LogP contribution is -2.12. The number of hydrogen-bond acceptors (Lipinski definition) is 4. The van der Waals surface area contributed by atoms with Gasteiger partial charge >= 0.3 is 0 Å². The van der Waals surface area contributed by atoms with Gasteiger partial charge in [-0.2, -0.15) is 10.5 Å². The Bertz CT molecular complexity index is 544. The highest BCUT2D eigenvalue weighted by Crippen LogP contribution is 2.27. The first kappa shape index (κ1) is 13.5. The number of thioether (sulfide) groups is 1. The molecule has 0 unspecified atom stereocenters. The van der Waals surface area contributed by atoms with E-state index < -0.39 is 5.82 Å². The van der Waals surface area contributed by atoms with Gasteiger partial charge in [0.25, 0.3) is 0 Å². The van der Waals surface area contributed by atoms with Crippen molar-refractivity contribution in [3.05, 3.63) is 28.0 Å². The molecule has 0 saturated heterocycles. The molecular weight excluding hydrogens is 307 g/mol. The van der Waals surface area contributed by atoms with Crippen LogP contribution in [0, 0.1) is 28.6 Å². The van der Waals surface area contributed by atoms with Gasteiger partial charge in [-0.25, -0.2) is 9.38 Å². The third-order valence-corrected chi connectivity index (χ3v) is 2.92. The van der Waals surface area contributed by atoms with E-state index in [4.69, 9.17) is 10.5 Å². The summed E-state index contributed by atoms with van der Waals surface area (Å²) in [5, 5.41) is 20.0. The van der Waals surface area contributed by atoms with Crippen LogP contribution in [0.2, 0.25) is 0 Å². The van der Waals surface area contributed by atoms with E-state index in [-0.39, 0.29) is 10.0 Å². The zero-order valence-corrected chi connectivity index (χ0v) is 11.1. The zero-order valence-electron chi connectivity index (χ0n) is 8.66. The topological polar surface area (TPSA) is 72.0 Å². The second-order valence-electron chi connectivity index (χ2n) is 2.75. The summed E-state index contributed by atoms with van der Waals surface area (Å²) < 4.78 is 13.4. The Morgan fingerprint density at radius 3 is 2.76 bits per heavy atom. The predicted octanol–water partition coefficient (Wildman–Crippen LogP) is 2.88. The second kappa shape index (κ2) is 6.24. The number of nitrogens with zero attached hydrogens (tertiary/aromatic N) is 3. The number of nitriles is 2. The molecular formula is C10H6BrFN4S. The maximum atomic E-state index is 13.2. The zero-order chi connectivity index (χ0) is 12.8. The molecule has 0 radical (unpaired) electrons. The molecule has 0 heterocycles. The first-order chi connectivity index (χ1) is 8.12. The van der Waals surface area contributed by atoms with E-state index in [1.165, 1.54) is 17.8 Å². The van der Waals surface area contributed by atoms with E-state index >= 15 is 0 Å². The highest BCUT2D eigenvalue weighted by Gasteiger charge is 2.08. The van der Waals surface area contributed by atoms with E-state index in [1.807, 2.05) is 6.07 Å². The molecule has 17 heavy (non-hydrogen) atoms. The van der Waals surface area contributed by atoms with Crippen LogP contribution in [0.1, 0.15) is 5.56 Å². The number of halogens is 2. The Kier molecular flexibility index (Phi) is 4.95. The standard InChI is InChI=1S/C10H6BrFN4S/c1-17-10(15-5-14)16-9-3-7(11)8(12)2-6(9)4-13/h2-3H,1H3,(H,15,16). The van der Waals surface area contributed by atoms with Crippen LogP contribution < -0.4 is 5.32 Å². The SMILES string of the molecule is CSC(=Nc1cc(Br)c(F)cc1C#N)NC#N. The number of aliphatic imine (C=N–C) groups is 1. The van der Waals surface area contributed by atoms with Crippen molar-refractivity contribution in [2.75, 3.05) is 6.26 Å². The Balaban J connectivity index is 3.27. The van der Waals surface area contributed by atoms with Gasteiger partial charge in [0.05, 0.1) is 15.7 Å². The van der Waals surface area contributed by atoms with Crippen LogP contribution in [0.25, 0.3) is 0 Å². The summed E-state index contributed by atoms with van der Waals surface area (Å²) >= 11 is 4.23. The molecule has 1 aromatic carbocycles. The van der Waals surface area contributed by atoms with Gasteiger partial charge in [-0.15, -0.1) is 0 Å². The summed E-state index contributed by atoms with van der Waals surface area (Å²) in [6, 6.07) is 4.33. The molecule has 4 nitrogen and oxygen atoms in total. The fourth-order valence-electron chi connectivity index (χ4n) is 1.00. The molecule has 0 saturated carbocycles. The van der Waals surface area contributed by atoms with Crippen molar-refractivity contribution in [2.24, 2.45) is 4.99 Å². The van der Waals surface area contributed by atoms with Gasteiger partial charge in [0, 0.05) is 0 Å². The Labute approximate surface area is 110 Å². The number of hydrogen-bond donors (Lipinski definition) is 1. The van der Waals surface area contributed by atoms with E-state index in [0.29, 0.717) is 10.9 Å². The average molecular weight is 313 g/mol. The van der Waals surface area contributed by atoms with Crippen molar-refractivity contribution in [1.29, 1.82) is 10.5 Å². The molecule has 0 fully saturated rings. The summed E-state index contributed by atoms with van der Waals surface area (Å²) in [5.41, 5.74) is 0.407. The maximum Gasteiger partial charge on any atom is 0.183 e. The molecule has 1 aromatic rings. The van der Waals surface area contributed by atoms with Gasteiger partial charge in [-0.3, -0.25) is 5.32 Å². The van der Waals surface area contributed by atoms with Crippen molar-refractivity contribution in [3.8, 4) is 12.3 Å². The second-order valence-corrected chi connectivity index (χ2v) is 4.40. The maximum absolute atomic E-state index is 13.2. The van der Waals surface area contributed by atoms with Crippen LogP contribution in [0.5, 0.6) is 0 Å². The minimum atomic E-state index is -0.528. The summed E-state index contributed by atoms with van der Waals surface area (Å²) in [4.78, 5) is 4.07. The third-order valence-electron chi connectivity index (χ3n) is 1.74. The van der Waals surface area contributed by atoms with Crippen molar-refractivity contribution in [3.63, 3.8) is 0 Å². The van der Waals surface area contributed by atoms with Gasteiger partial charge in [0.1, 0.15) is 11.9 Å². The van der Waals surface area contributed by atoms with Crippen molar-refractivity contribution < 1.29 is 4.39 Å². The molecule has 0 aliphatic heterocycles. The molecule has 0 bridgehead atoms. The Hall–Kier alpha value is -1.57. The monoisotopic (exact) mass is 312 g/mol. The number of nitrogens with one attached hydrogen (secondary N) is 1. The minimum Gasteiger partial charge on any atom is -0.271 e. The largest absolute Gasteiger partial charge is 0.271 e. The summed E-state index contributed by atoms with van der Waals surface area (Å²) in [7, 11) is 0. The summed E-state index contributed by atoms with van der Waals surface area (Å²) in [6.07, 6.45) is 3.46. The fraction of sp³-hybridized carbons (Fsp3) is 0.100. The Morgan fingerprint density at radius 2 is 2.24 bits per heavy atom. The quantitative estimate of drug-likeness (QED) is 0.374. The number of rotatable bonds is 1. The van der Waals surface area contributed by atoms with Crippen LogP contribution in [0.4, 0.5) is 10.1 Å². The first-order valence-electron chi connectivity index (χ1n) is 4.29. The molecule has 0 aromatic heterocycles. The molecule has 1 rings (SSSR count). The molecule has 0 aliphatic carbocycles. The lowest BCUT2D eigenvalue weighted by atomic mass is 10.2. The highest BCUT2D eigenvalue weighted by molar-refractivity contribution is 9.10. The van der Waals surface area contributed by atoms with Gasteiger partial charge in [0.15, 0.2) is 11.4 Å². The van der Waals surface area contributed by atoms with Gasteiger partial charge in [-0.1, -0.05) is 11.8 Å². The van der Waals surface area contributed by atoms with E-state index in [0.717, 1.165) is 6.07 Å². The van der Waals surface area contributed by atoms with Crippen LogP contribution >= 0.6 is 27.7 Å². The molecule has 0 amide bonds. The van der Waals surface area contributed by atoms with Crippen molar-refractivity contribution in [2.45, 2.75) is 0 Å². The van der Waals surface area contributed by atoms with E-state index in [9.17, 15) is 4.39 Å². The van der Waals surface area contributed by atoms with Crippen LogP contribution in [0.15, 0.2) is 21.6 Å². The average Bonchev–Trinajstić information content (AvgIpc) is 2.32. The number of benzene rings is 1. The fourth-order valence-corrected chi connectivity index (χ4v) is 1.67.